The Bertz CT molecular complexity index is 881. The predicted octanol–water partition coefficient (Wildman–Crippen LogP) is 3.28. The first-order chi connectivity index (χ1) is 13.0. The van der Waals surface area contributed by atoms with Crippen molar-refractivity contribution in [2.45, 2.75) is 37.6 Å². The van der Waals surface area contributed by atoms with Crippen molar-refractivity contribution in [3.8, 4) is 0 Å². The van der Waals surface area contributed by atoms with Crippen LogP contribution in [-0.2, 0) is 4.79 Å². The van der Waals surface area contributed by atoms with E-state index in [0.29, 0.717) is 36.1 Å². The molecule has 142 valence electrons. The number of rotatable bonds is 4. The molecule has 0 saturated heterocycles. The summed E-state index contributed by atoms with van der Waals surface area (Å²) in [6, 6.07) is 1.45. The van der Waals surface area contributed by atoms with Crippen molar-refractivity contribution >= 4 is 29.2 Å². The van der Waals surface area contributed by atoms with Gasteiger partial charge in [-0.1, -0.05) is 24.4 Å². The fraction of sp³-hybridized carbons (Fsp3) is 0.444. The molecule has 3 heterocycles. The summed E-state index contributed by atoms with van der Waals surface area (Å²) in [6.07, 6.45) is 5.71. The van der Waals surface area contributed by atoms with Crippen LogP contribution in [0.25, 0.3) is 0 Å². The lowest BCUT2D eigenvalue weighted by Gasteiger charge is -2.29. The van der Waals surface area contributed by atoms with Crippen molar-refractivity contribution in [2.24, 2.45) is 5.92 Å². The summed E-state index contributed by atoms with van der Waals surface area (Å²) in [6.45, 7) is 0.537. The average molecular weight is 392 g/mol. The third kappa shape index (κ3) is 3.53. The molecule has 0 bridgehead atoms. The molecule has 7 nitrogen and oxygen atoms in total. The number of halogens is 2. The minimum atomic E-state index is -0.864. The van der Waals surface area contributed by atoms with E-state index >= 15 is 0 Å². The fourth-order valence-corrected chi connectivity index (χ4v) is 4.00. The average Bonchev–Trinajstić information content (AvgIpc) is 3.07. The van der Waals surface area contributed by atoms with Crippen molar-refractivity contribution in [2.75, 3.05) is 17.2 Å². The Morgan fingerprint density at radius 3 is 2.93 bits per heavy atom. The second-order valence-corrected chi connectivity index (χ2v) is 7.37. The highest BCUT2D eigenvalue weighted by atomic mass is 35.5. The minimum absolute atomic E-state index is 0.0431. The topological polar surface area (TPSA) is 100 Å². The summed E-state index contributed by atoms with van der Waals surface area (Å²) in [4.78, 5) is 24.2. The summed E-state index contributed by atoms with van der Waals surface area (Å²) in [5.74, 6) is -1.01. The van der Waals surface area contributed by atoms with Gasteiger partial charge in [-0.25, -0.2) is 19.3 Å². The van der Waals surface area contributed by atoms with Crippen LogP contribution in [0.5, 0.6) is 0 Å². The number of pyridine rings is 1. The van der Waals surface area contributed by atoms with E-state index in [-0.39, 0.29) is 17.8 Å². The minimum Gasteiger partial charge on any atom is -0.481 e. The maximum atomic E-state index is 14.3. The Labute approximate surface area is 160 Å². The van der Waals surface area contributed by atoms with E-state index in [9.17, 15) is 14.3 Å². The van der Waals surface area contributed by atoms with Gasteiger partial charge in [0.1, 0.15) is 11.6 Å². The molecule has 0 radical (unpaired) electrons. The summed E-state index contributed by atoms with van der Waals surface area (Å²) in [5.41, 5.74) is 0.862. The van der Waals surface area contributed by atoms with Crippen LogP contribution < -0.4 is 10.6 Å². The molecule has 1 fully saturated rings. The number of aliphatic carboxylic acids is 1. The van der Waals surface area contributed by atoms with Gasteiger partial charge in [-0.3, -0.25) is 4.79 Å². The first kappa shape index (κ1) is 17.9. The number of carboxylic acid groups (broad SMARTS) is 1. The Kier molecular flexibility index (Phi) is 4.82. The smallest absolute Gasteiger partial charge is 0.308 e. The van der Waals surface area contributed by atoms with Crippen LogP contribution in [0.3, 0.4) is 0 Å². The van der Waals surface area contributed by atoms with E-state index in [1.54, 1.807) is 12.3 Å². The maximum Gasteiger partial charge on any atom is 0.308 e. The molecule has 2 aromatic heterocycles. The van der Waals surface area contributed by atoms with Gasteiger partial charge in [-0.15, -0.1) is 0 Å². The van der Waals surface area contributed by atoms with Crippen LogP contribution in [0, 0.1) is 11.7 Å². The predicted molar refractivity (Wildman–Crippen MR) is 98.6 cm³/mol. The summed E-state index contributed by atoms with van der Waals surface area (Å²) in [7, 11) is 0. The second-order valence-electron chi connectivity index (χ2n) is 6.93. The van der Waals surface area contributed by atoms with Crippen molar-refractivity contribution in [1.82, 2.24) is 15.0 Å². The molecule has 1 unspecified atom stereocenters. The molecule has 0 aromatic carbocycles. The van der Waals surface area contributed by atoms with Gasteiger partial charge in [-0.05, 0) is 18.9 Å². The van der Waals surface area contributed by atoms with Gasteiger partial charge >= 0.3 is 5.97 Å². The van der Waals surface area contributed by atoms with Crippen molar-refractivity contribution in [3.05, 3.63) is 40.7 Å². The van der Waals surface area contributed by atoms with E-state index in [2.05, 4.69) is 25.6 Å². The molecule has 3 atom stereocenters. The first-order valence-corrected chi connectivity index (χ1v) is 9.32. The lowest BCUT2D eigenvalue weighted by molar-refractivity contribution is -0.143. The Morgan fingerprint density at radius 2 is 2.11 bits per heavy atom. The summed E-state index contributed by atoms with van der Waals surface area (Å²) in [5, 5.41) is 16.1. The first-order valence-electron chi connectivity index (χ1n) is 8.94. The zero-order chi connectivity index (χ0) is 19.0. The molecular weight excluding hydrogens is 373 g/mol. The Balaban J connectivity index is 1.61. The van der Waals surface area contributed by atoms with Gasteiger partial charge in [-0.2, -0.15) is 0 Å². The molecule has 4 rings (SSSR count). The lowest BCUT2D eigenvalue weighted by Crippen LogP contribution is -2.37. The number of carbonyl (C=O) groups is 1. The van der Waals surface area contributed by atoms with Crippen LogP contribution in [0.4, 0.5) is 16.0 Å². The number of nitrogens with zero attached hydrogens (tertiary/aromatic N) is 3. The number of carboxylic acids is 1. The van der Waals surface area contributed by atoms with Crippen molar-refractivity contribution in [3.63, 3.8) is 0 Å². The van der Waals surface area contributed by atoms with Gasteiger partial charge in [0, 0.05) is 24.3 Å². The van der Waals surface area contributed by atoms with Gasteiger partial charge < -0.3 is 15.7 Å². The summed E-state index contributed by atoms with van der Waals surface area (Å²) < 4.78 is 14.3. The van der Waals surface area contributed by atoms with E-state index < -0.39 is 17.7 Å². The molecule has 0 amide bonds. The van der Waals surface area contributed by atoms with Gasteiger partial charge in [0.2, 0.25) is 0 Å². The monoisotopic (exact) mass is 391 g/mol. The molecule has 1 saturated carbocycles. The van der Waals surface area contributed by atoms with Gasteiger partial charge in [0.15, 0.2) is 11.6 Å². The quantitative estimate of drug-likeness (QED) is 0.735. The zero-order valence-corrected chi connectivity index (χ0v) is 15.2. The Morgan fingerprint density at radius 1 is 1.30 bits per heavy atom. The molecule has 2 aromatic rings. The van der Waals surface area contributed by atoms with Crippen LogP contribution >= 0.6 is 11.6 Å². The zero-order valence-electron chi connectivity index (χ0n) is 14.5. The number of aromatic nitrogens is 3. The maximum absolute atomic E-state index is 14.3. The third-order valence-electron chi connectivity index (χ3n) is 5.21. The number of hydrogen-bond acceptors (Lipinski definition) is 6. The van der Waals surface area contributed by atoms with Crippen molar-refractivity contribution in [1.29, 1.82) is 0 Å². The van der Waals surface area contributed by atoms with Gasteiger partial charge in [0.25, 0.3) is 0 Å². The highest BCUT2D eigenvalue weighted by Gasteiger charge is 2.32. The van der Waals surface area contributed by atoms with E-state index in [1.165, 1.54) is 0 Å². The third-order valence-corrected chi connectivity index (χ3v) is 5.42. The number of nitrogens with one attached hydrogen (secondary N) is 2. The Hall–Kier alpha value is -2.48. The van der Waals surface area contributed by atoms with Crippen molar-refractivity contribution < 1.29 is 14.3 Å². The molecule has 27 heavy (non-hydrogen) atoms. The molecule has 9 heteroatoms. The highest BCUT2D eigenvalue weighted by Crippen LogP contribution is 2.35. The van der Waals surface area contributed by atoms with E-state index in [4.69, 9.17) is 11.6 Å². The van der Waals surface area contributed by atoms with Crippen LogP contribution in [0.15, 0.2) is 18.5 Å². The standard InChI is InChI=1S/C18H19ClFN5O2/c19-9-5-11-12(7-22-15(11)21-6-9)16-23-8-13(20)17(25-16)24-14-4-2-1-3-10(14)18(26)27/h5-6,8,10,12,14H,1-4,7H2,(H,21,22)(H,26,27)(H,23,24,25)/t10-,12?,14+/m1/s1. The SMILES string of the molecule is O=C(O)[C@@H]1CCCC[C@@H]1Nc1nc(C2CNc3ncc(Cl)cc32)ncc1F. The highest BCUT2D eigenvalue weighted by molar-refractivity contribution is 6.30. The van der Waals surface area contributed by atoms with Crippen LogP contribution in [-0.4, -0.2) is 38.6 Å². The number of hydrogen-bond donors (Lipinski definition) is 3. The normalized spacial score (nSPS) is 24.1. The molecule has 1 aliphatic heterocycles. The van der Waals surface area contributed by atoms with Gasteiger partial charge in [0.05, 0.1) is 23.1 Å². The largest absolute Gasteiger partial charge is 0.481 e. The number of fused-ring (bicyclic) bond motifs is 1. The van der Waals surface area contributed by atoms with Crippen LogP contribution in [0.2, 0.25) is 5.02 Å². The second kappa shape index (κ2) is 7.26. The number of anilines is 2. The lowest BCUT2D eigenvalue weighted by atomic mass is 9.84. The van der Waals surface area contributed by atoms with E-state index in [1.807, 2.05) is 0 Å². The fourth-order valence-electron chi connectivity index (χ4n) is 3.83. The molecule has 2 aliphatic rings. The summed E-state index contributed by atoms with van der Waals surface area (Å²) >= 11 is 6.05. The molecule has 3 N–H and O–H groups in total. The molecule has 1 aliphatic carbocycles. The van der Waals surface area contributed by atoms with E-state index in [0.717, 1.165) is 24.6 Å². The molecular formula is C18H19ClFN5O2. The van der Waals surface area contributed by atoms with Crippen LogP contribution in [0.1, 0.15) is 43.0 Å². The molecule has 0 spiro atoms.